The molecule has 0 saturated carbocycles. The largest absolute Gasteiger partial charge is 0.334 e. The van der Waals surface area contributed by atoms with E-state index in [4.69, 9.17) is 11.6 Å². The number of hydrogen-bond acceptors (Lipinski definition) is 2. The molecule has 0 saturated heterocycles. The molecule has 0 atom stereocenters. The predicted molar refractivity (Wildman–Crippen MR) is 72.4 cm³/mol. The number of hydrogen-bond donors (Lipinski definition) is 1. The monoisotopic (exact) mass is 258 g/mol. The Bertz CT molecular complexity index is 598. The molecular weight excluding hydrogens is 248 g/mol. The zero-order valence-corrected chi connectivity index (χ0v) is 10.3. The van der Waals surface area contributed by atoms with Gasteiger partial charge in [0.15, 0.2) is 0 Å². The standard InChI is InChI=1S/C14H11ClN2O/c15-11-7-4-8-12-13(11)14(18)16-9-17(12)10-5-2-1-3-6-10/h1-8H,9H2,(H,16,18). The number of fused-ring (bicyclic) bond motifs is 1. The van der Waals surface area contributed by atoms with Gasteiger partial charge in [-0.05, 0) is 24.3 Å². The highest BCUT2D eigenvalue weighted by Gasteiger charge is 2.25. The average Bonchev–Trinajstić information content (AvgIpc) is 2.40. The van der Waals surface area contributed by atoms with Crippen LogP contribution in [0, 0.1) is 0 Å². The van der Waals surface area contributed by atoms with Crippen molar-refractivity contribution in [1.82, 2.24) is 5.32 Å². The number of rotatable bonds is 1. The van der Waals surface area contributed by atoms with Crippen LogP contribution in [0.5, 0.6) is 0 Å². The summed E-state index contributed by atoms with van der Waals surface area (Å²) < 4.78 is 0. The maximum atomic E-state index is 11.9. The van der Waals surface area contributed by atoms with E-state index in [0.29, 0.717) is 17.3 Å². The molecule has 0 bridgehead atoms. The fraction of sp³-hybridized carbons (Fsp3) is 0.0714. The van der Waals surface area contributed by atoms with Gasteiger partial charge in [0.05, 0.1) is 22.9 Å². The van der Waals surface area contributed by atoms with Gasteiger partial charge < -0.3 is 10.2 Å². The molecule has 1 N–H and O–H groups in total. The zero-order valence-electron chi connectivity index (χ0n) is 9.56. The zero-order chi connectivity index (χ0) is 12.5. The van der Waals surface area contributed by atoms with E-state index in [0.717, 1.165) is 11.4 Å². The van der Waals surface area contributed by atoms with Crippen molar-refractivity contribution in [2.75, 3.05) is 11.6 Å². The van der Waals surface area contributed by atoms with Crippen LogP contribution in [0.2, 0.25) is 5.02 Å². The van der Waals surface area contributed by atoms with Crippen molar-refractivity contribution in [1.29, 1.82) is 0 Å². The topological polar surface area (TPSA) is 32.3 Å². The third kappa shape index (κ3) is 1.73. The number of para-hydroxylation sites is 1. The number of carbonyl (C=O) groups excluding carboxylic acids is 1. The molecule has 1 heterocycles. The summed E-state index contributed by atoms with van der Waals surface area (Å²) in [6, 6.07) is 15.4. The molecule has 2 aromatic rings. The lowest BCUT2D eigenvalue weighted by atomic mass is 10.1. The highest BCUT2D eigenvalue weighted by molar-refractivity contribution is 6.34. The molecule has 18 heavy (non-hydrogen) atoms. The number of benzene rings is 2. The van der Waals surface area contributed by atoms with Crippen LogP contribution in [0.1, 0.15) is 10.4 Å². The summed E-state index contributed by atoms with van der Waals surface area (Å²) >= 11 is 6.10. The first kappa shape index (κ1) is 11.1. The van der Waals surface area contributed by atoms with Gasteiger partial charge in [0, 0.05) is 5.69 Å². The molecule has 0 unspecified atom stereocenters. The Balaban J connectivity index is 2.15. The van der Waals surface area contributed by atoms with Gasteiger partial charge in [-0.3, -0.25) is 4.79 Å². The molecular formula is C14H11ClN2O. The van der Waals surface area contributed by atoms with Crippen LogP contribution in [0.25, 0.3) is 0 Å². The van der Waals surface area contributed by atoms with E-state index in [1.165, 1.54) is 0 Å². The first-order valence-electron chi connectivity index (χ1n) is 5.66. The SMILES string of the molecule is O=C1NCN(c2ccccc2)c2cccc(Cl)c21. The van der Waals surface area contributed by atoms with Crippen LogP contribution in [-0.2, 0) is 0 Å². The van der Waals surface area contributed by atoms with Crippen molar-refractivity contribution in [3.05, 3.63) is 59.1 Å². The molecule has 3 rings (SSSR count). The summed E-state index contributed by atoms with van der Waals surface area (Å²) in [7, 11) is 0. The van der Waals surface area contributed by atoms with Gasteiger partial charge in [-0.15, -0.1) is 0 Å². The van der Waals surface area contributed by atoms with Gasteiger partial charge in [-0.25, -0.2) is 0 Å². The number of carbonyl (C=O) groups is 1. The average molecular weight is 259 g/mol. The van der Waals surface area contributed by atoms with Crippen LogP contribution in [0.15, 0.2) is 48.5 Å². The van der Waals surface area contributed by atoms with Gasteiger partial charge in [0.25, 0.3) is 5.91 Å². The van der Waals surface area contributed by atoms with E-state index in [1.54, 1.807) is 6.07 Å². The van der Waals surface area contributed by atoms with Crippen LogP contribution in [-0.4, -0.2) is 12.6 Å². The maximum Gasteiger partial charge on any atom is 0.256 e. The Labute approximate surface area is 110 Å². The third-order valence-corrected chi connectivity index (χ3v) is 3.29. The Kier molecular flexibility index (Phi) is 2.68. The van der Waals surface area contributed by atoms with Crippen LogP contribution in [0.3, 0.4) is 0 Å². The Morgan fingerprint density at radius 3 is 2.61 bits per heavy atom. The lowest BCUT2D eigenvalue weighted by Gasteiger charge is -2.31. The molecule has 1 aliphatic heterocycles. The number of amides is 1. The Morgan fingerprint density at radius 2 is 1.83 bits per heavy atom. The van der Waals surface area contributed by atoms with Gasteiger partial charge in [0.1, 0.15) is 0 Å². The molecule has 1 aliphatic rings. The fourth-order valence-electron chi connectivity index (χ4n) is 2.13. The summed E-state index contributed by atoms with van der Waals surface area (Å²) in [5.41, 5.74) is 2.41. The van der Waals surface area contributed by atoms with Crippen molar-refractivity contribution < 1.29 is 4.79 Å². The quantitative estimate of drug-likeness (QED) is 0.852. The van der Waals surface area contributed by atoms with Gasteiger partial charge >= 0.3 is 0 Å². The first-order chi connectivity index (χ1) is 8.77. The number of halogens is 1. The van der Waals surface area contributed by atoms with E-state index in [1.807, 2.05) is 47.4 Å². The van der Waals surface area contributed by atoms with Crippen molar-refractivity contribution in [2.24, 2.45) is 0 Å². The molecule has 0 fully saturated rings. The first-order valence-corrected chi connectivity index (χ1v) is 6.04. The minimum absolute atomic E-state index is 0.122. The second kappa shape index (κ2) is 4.35. The molecule has 3 nitrogen and oxygen atoms in total. The molecule has 0 spiro atoms. The molecule has 0 aliphatic carbocycles. The summed E-state index contributed by atoms with van der Waals surface area (Å²) in [6.45, 7) is 0.455. The van der Waals surface area contributed by atoms with E-state index in [2.05, 4.69) is 5.32 Å². The summed E-state index contributed by atoms with van der Waals surface area (Å²) in [6.07, 6.45) is 0. The van der Waals surface area contributed by atoms with Crippen molar-refractivity contribution in [3.8, 4) is 0 Å². The number of nitrogens with zero attached hydrogens (tertiary/aromatic N) is 1. The minimum Gasteiger partial charge on any atom is -0.334 e. The van der Waals surface area contributed by atoms with Crippen molar-refractivity contribution >= 4 is 28.9 Å². The van der Waals surface area contributed by atoms with E-state index < -0.39 is 0 Å². The van der Waals surface area contributed by atoms with Gasteiger partial charge in [-0.2, -0.15) is 0 Å². The van der Waals surface area contributed by atoms with E-state index in [-0.39, 0.29) is 5.91 Å². The number of anilines is 2. The fourth-order valence-corrected chi connectivity index (χ4v) is 2.38. The normalized spacial score (nSPS) is 14.1. The van der Waals surface area contributed by atoms with Crippen LogP contribution < -0.4 is 10.2 Å². The van der Waals surface area contributed by atoms with E-state index >= 15 is 0 Å². The lowest BCUT2D eigenvalue weighted by molar-refractivity contribution is 0.0949. The Hall–Kier alpha value is -2.00. The highest BCUT2D eigenvalue weighted by Crippen LogP contribution is 2.34. The molecule has 0 radical (unpaired) electrons. The summed E-state index contributed by atoms with van der Waals surface area (Å²) in [4.78, 5) is 13.9. The number of nitrogens with one attached hydrogen (secondary N) is 1. The lowest BCUT2D eigenvalue weighted by Crippen LogP contribution is -2.41. The smallest absolute Gasteiger partial charge is 0.256 e. The molecule has 90 valence electrons. The minimum atomic E-state index is -0.122. The van der Waals surface area contributed by atoms with Crippen LogP contribution in [0.4, 0.5) is 11.4 Å². The highest BCUT2D eigenvalue weighted by atomic mass is 35.5. The Morgan fingerprint density at radius 1 is 1.06 bits per heavy atom. The van der Waals surface area contributed by atoms with Crippen molar-refractivity contribution in [3.63, 3.8) is 0 Å². The molecule has 0 aromatic heterocycles. The van der Waals surface area contributed by atoms with Gasteiger partial charge in [0.2, 0.25) is 0 Å². The predicted octanol–water partition coefficient (Wildman–Crippen LogP) is 3.18. The second-order valence-corrected chi connectivity index (χ2v) is 4.47. The summed E-state index contributed by atoms with van der Waals surface area (Å²) in [5.74, 6) is -0.122. The third-order valence-electron chi connectivity index (χ3n) is 2.98. The molecule has 4 heteroatoms. The maximum absolute atomic E-state index is 11.9. The van der Waals surface area contributed by atoms with Crippen molar-refractivity contribution in [2.45, 2.75) is 0 Å². The second-order valence-electron chi connectivity index (χ2n) is 4.06. The summed E-state index contributed by atoms with van der Waals surface area (Å²) in [5, 5.41) is 3.31. The van der Waals surface area contributed by atoms with E-state index in [9.17, 15) is 4.79 Å². The van der Waals surface area contributed by atoms with Gasteiger partial charge in [-0.1, -0.05) is 35.9 Å². The van der Waals surface area contributed by atoms with Crippen LogP contribution >= 0.6 is 11.6 Å². The molecule has 1 amide bonds. The molecule has 2 aromatic carbocycles.